The van der Waals surface area contributed by atoms with Crippen molar-refractivity contribution in [3.8, 4) is 0 Å². The Balaban J connectivity index is 1.34. The number of aromatic amines is 1. The lowest BCUT2D eigenvalue weighted by molar-refractivity contribution is 0.0929. The summed E-state index contributed by atoms with van der Waals surface area (Å²) >= 11 is 1.74. The first kappa shape index (κ1) is 16.1. The maximum absolute atomic E-state index is 12.6. The minimum absolute atomic E-state index is 0.0415. The van der Waals surface area contributed by atoms with Gasteiger partial charge in [0.15, 0.2) is 5.16 Å². The van der Waals surface area contributed by atoms with Gasteiger partial charge in [-0.25, -0.2) is 15.0 Å². The van der Waals surface area contributed by atoms with Crippen LogP contribution in [0.3, 0.4) is 0 Å². The first-order valence-corrected chi connectivity index (χ1v) is 9.34. The largest absolute Gasteiger partial charge is 0.349 e. The number of thioether (sulfide) groups is 1. The highest BCUT2D eigenvalue weighted by molar-refractivity contribution is 7.99. The molecule has 0 saturated heterocycles. The number of carbonyl (C=O) groups is 1. The van der Waals surface area contributed by atoms with Crippen molar-refractivity contribution in [1.82, 2.24) is 25.3 Å². The first-order valence-electron chi connectivity index (χ1n) is 8.46. The molecule has 3 aromatic rings. The van der Waals surface area contributed by atoms with Crippen LogP contribution in [0.25, 0.3) is 11.0 Å². The quantitative estimate of drug-likeness (QED) is 0.704. The average molecular weight is 353 g/mol. The number of amides is 1. The van der Waals surface area contributed by atoms with E-state index in [1.807, 2.05) is 24.3 Å². The van der Waals surface area contributed by atoms with E-state index in [1.54, 1.807) is 30.5 Å². The van der Waals surface area contributed by atoms with Crippen LogP contribution in [0.4, 0.5) is 0 Å². The van der Waals surface area contributed by atoms with Gasteiger partial charge in [-0.2, -0.15) is 0 Å². The smallest absolute Gasteiger partial charge is 0.253 e. The minimum Gasteiger partial charge on any atom is -0.349 e. The molecule has 1 fully saturated rings. The Labute approximate surface area is 149 Å². The molecular formula is C18H19N5OS. The highest BCUT2D eigenvalue weighted by atomic mass is 32.2. The molecule has 0 bridgehead atoms. The normalized spacial score (nSPS) is 20.5. The molecule has 1 saturated carbocycles. The van der Waals surface area contributed by atoms with E-state index in [0.29, 0.717) is 10.8 Å². The molecule has 1 aliphatic carbocycles. The molecule has 2 aromatic heterocycles. The molecule has 6 nitrogen and oxygen atoms in total. The van der Waals surface area contributed by atoms with Crippen molar-refractivity contribution in [2.45, 2.75) is 42.1 Å². The van der Waals surface area contributed by atoms with E-state index in [9.17, 15) is 4.79 Å². The predicted molar refractivity (Wildman–Crippen MR) is 97.5 cm³/mol. The molecule has 0 spiro atoms. The molecule has 1 aromatic carbocycles. The maximum Gasteiger partial charge on any atom is 0.253 e. The van der Waals surface area contributed by atoms with Gasteiger partial charge in [0.05, 0.1) is 17.4 Å². The van der Waals surface area contributed by atoms with Crippen LogP contribution in [0.15, 0.2) is 48.1 Å². The van der Waals surface area contributed by atoms with Gasteiger partial charge >= 0.3 is 0 Å². The molecule has 25 heavy (non-hydrogen) atoms. The summed E-state index contributed by atoms with van der Waals surface area (Å²) in [5.41, 5.74) is 2.24. The van der Waals surface area contributed by atoms with Gasteiger partial charge in [0.1, 0.15) is 5.52 Å². The van der Waals surface area contributed by atoms with Crippen LogP contribution in [-0.2, 0) is 0 Å². The Hall–Kier alpha value is -2.41. The van der Waals surface area contributed by atoms with Crippen molar-refractivity contribution >= 4 is 28.7 Å². The standard InChI is InChI=1S/C18H19N5OS/c24-17(14-3-1-4-15-16(14)22-11-21-15)23-12-5-7-13(8-6-12)25-18-19-9-2-10-20-18/h1-4,9-13H,5-8H2,(H,21,22)(H,23,24). The summed E-state index contributed by atoms with van der Waals surface area (Å²) in [4.78, 5) is 28.5. The van der Waals surface area contributed by atoms with E-state index in [4.69, 9.17) is 0 Å². The lowest BCUT2D eigenvalue weighted by Crippen LogP contribution is -2.38. The molecule has 2 N–H and O–H groups in total. The fourth-order valence-corrected chi connectivity index (χ4v) is 4.28. The fraction of sp³-hybridized carbons (Fsp3) is 0.333. The molecule has 2 heterocycles. The topological polar surface area (TPSA) is 83.6 Å². The van der Waals surface area contributed by atoms with Gasteiger partial charge < -0.3 is 10.3 Å². The Morgan fingerprint density at radius 1 is 1.08 bits per heavy atom. The SMILES string of the molecule is O=C(NC1CCC(Sc2ncccn2)CC1)c1cccc2[nH]cnc12. The van der Waals surface area contributed by atoms with E-state index in [2.05, 4.69) is 25.3 Å². The van der Waals surface area contributed by atoms with Crippen LogP contribution >= 0.6 is 11.8 Å². The van der Waals surface area contributed by atoms with Crippen LogP contribution in [0.1, 0.15) is 36.0 Å². The van der Waals surface area contributed by atoms with Crippen molar-refractivity contribution in [1.29, 1.82) is 0 Å². The molecule has 1 amide bonds. The van der Waals surface area contributed by atoms with Gasteiger partial charge in [-0.15, -0.1) is 0 Å². The number of para-hydroxylation sites is 1. The number of carbonyl (C=O) groups excluding carboxylic acids is 1. The summed E-state index contributed by atoms with van der Waals surface area (Å²) in [7, 11) is 0. The summed E-state index contributed by atoms with van der Waals surface area (Å²) in [5.74, 6) is -0.0415. The lowest BCUT2D eigenvalue weighted by Gasteiger charge is -2.28. The average Bonchev–Trinajstić information content (AvgIpc) is 3.13. The number of H-pyrrole nitrogens is 1. The zero-order valence-corrected chi connectivity index (χ0v) is 14.5. The van der Waals surface area contributed by atoms with Gasteiger partial charge in [-0.05, 0) is 43.9 Å². The minimum atomic E-state index is -0.0415. The summed E-state index contributed by atoms with van der Waals surface area (Å²) in [6.45, 7) is 0. The van der Waals surface area contributed by atoms with Crippen molar-refractivity contribution in [2.75, 3.05) is 0 Å². The Bertz CT molecular complexity index is 858. The number of hydrogen-bond acceptors (Lipinski definition) is 5. The molecule has 7 heteroatoms. The van der Waals surface area contributed by atoms with E-state index in [-0.39, 0.29) is 11.9 Å². The molecule has 0 atom stereocenters. The van der Waals surface area contributed by atoms with Gasteiger partial charge in [0, 0.05) is 23.7 Å². The lowest BCUT2D eigenvalue weighted by atomic mass is 9.94. The summed E-state index contributed by atoms with van der Waals surface area (Å²) < 4.78 is 0. The molecule has 0 aliphatic heterocycles. The highest BCUT2D eigenvalue weighted by Gasteiger charge is 2.24. The number of benzene rings is 1. The molecule has 0 unspecified atom stereocenters. The fourth-order valence-electron chi connectivity index (χ4n) is 3.23. The second-order valence-corrected chi connectivity index (χ2v) is 7.47. The molecule has 1 aliphatic rings. The zero-order valence-electron chi connectivity index (χ0n) is 13.7. The molecule has 4 rings (SSSR count). The van der Waals surface area contributed by atoms with E-state index < -0.39 is 0 Å². The summed E-state index contributed by atoms with van der Waals surface area (Å²) in [6.07, 6.45) is 9.24. The number of hydrogen-bond donors (Lipinski definition) is 2. The van der Waals surface area contributed by atoms with E-state index >= 15 is 0 Å². The number of nitrogens with one attached hydrogen (secondary N) is 2. The Morgan fingerprint density at radius 3 is 2.68 bits per heavy atom. The van der Waals surface area contributed by atoms with E-state index in [0.717, 1.165) is 41.9 Å². The summed E-state index contributed by atoms with van der Waals surface area (Å²) in [6, 6.07) is 7.68. The Kier molecular flexibility index (Phi) is 4.65. The van der Waals surface area contributed by atoms with Crippen LogP contribution in [0, 0.1) is 0 Å². The highest BCUT2D eigenvalue weighted by Crippen LogP contribution is 2.32. The van der Waals surface area contributed by atoms with Gasteiger partial charge in [-0.3, -0.25) is 4.79 Å². The van der Waals surface area contributed by atoms with Crippen molar-refractivity contribution in [3.05, 3.63) is 48.5 Å². The second kappa shape index (κ2) is 7.23. The van der Waals surface area contributed by atoms with Crippen molar-refractivity contribution < 1.29 is 4.79 Å². The summed E-state index contributed by atoms with van der Waals surface area (Å²) in [5, 5.41) is 4.52. The first-order chi connectivity index (χ1) is 12.3. The molecule has 0 radical (unpaired) electrons. The van der Waals surface area contributed by atoms with Crippen molar-refractivity contribution in [3.63, 3.8) is 0 Å². The molecule has 128 valence electrons. The second-order valence-electron chi connectivity index (χ2n) is 6.20. The van der Waals surface area contributed by atoms with E-state index in [1.165, 1.54) is 0 Å². The van der Waals surface area contributed by atoms with Crippen LogP contribution in [0.2, 0.25) is 0 Å². The number of nitrogens with zero attached hydrogens (tertiary/aromatic N) is 3. The van der Waals surface area contributed by atoms with Crippen LogP contribution < -0.4 is 5.32 Å². The van der Waals surface area contributed by atoms with Gasteiger partial charge in [0.25, 0.3) is 5.91 Å². The Morgan fingerprint density at radius 2 is 1.88 bits per heavy atom. The third-order valence-corrected chi connectivity index (χ3v) is 5.74. The predicted octanol–water partition coefficient (Wildman–Crippen LogP) is 3.19. The number of aromatic nitrogens is 4. The third-order valence-electron chi connectivity index (χ3n) is 4.52. The zero-order chi connectivity index (χ0) is 17.1. The number of imidazole rings is 1. The van der Waals surface area contributed by atoms with Crippen molar-refractivity contribution in [2.24, 2.45) is 0 Å². The maximum atomic E-state index is 12.6. The number of fused-ring (bicyclic) bond motifs is 1. The monoisotopic (exact) mass is 353 g/mol. The van der Waals surface area contributed by atoms with Gasteiger partial charge in [-0.1, -0.05) is 17.8 Å². The number of rotatable bonds is 4. The molecular weight excluding hydrogens is 334 g/mol. The third kappa shape index (κ3) is 3.66. The van der Waals surface area contributed by atoms with Crippen LogP contribution in [-0.4, -0.2) is 37.1 Å². The van der Waals surface area contributed by atoms with Crippen LogP contribution in [0.5, 0.6) is 0 Å². The van der Waals surface area contributed by atoms with Gasteiger partial charge in [0.2, 0.25) is 0 Å².